The quantitative estimate of drug-likeness (QED) is 0.675. The van der Waals surface area contributed by atoms with Gasteiger partial charge in [-0.3, -0.25) is 9.59 Å². The van der Waals surface area contributed by atoms with Crippen LogP contribution in [0, 0.1) is 6.92 Å². The molecule has 0 radical (unpaired) electrons. The fourth-order valence-corrected chi connectivity index (χ4v) is 2.67. The third kappa shape index (κ3) is 5.41. The smallest absolute Gasteiger partial charge is 0.311 e. The van der Waals surface area contributed by atoms with Crippen LogP contribution in [0.1, 0.15) is 28.1 Å². The van der Waals surface area contributed by atoms with E-state index in [1.54, 1.807) is 25.1 Å². The van der Waals surface area contributed by atoms with Gasteiger partial charge in [-0.2, -0.15) is 0 Å². The number of hydrogen-bond donors (Lipinski definition) is 2. The summed E-state index contributed by atoms with van der Waals surface area (Å²) in [6.07, 6.45) is 1.59. The summed E-state index contributed by atoms with van der Waals surface area (Å²) in [5, 5.41) is 12.5. The van der Waals surface area contributed by atoms with Gasteiger partial charge in [0.05, 0.1) is 23.5 Å². The van der Waals surface area contributed by atoms with Gasteiger partial charge in [0.2, 0.25) is 0 Å². The Kier molecular flexibility index (Phi) is 6.73. The van der Waals surface area contributed by atoms with E-state index in [1.807, 2.05) is 0 Å². The number of carbonyl (C=O) groups is 2. The number of furan rings is 1. The zero-order valence-electron chi connectivity index (χ0n) is 13.5. The fourth-order valence-electron chi connectivity index (χ4n) is 2.21. The Bertz CT molecular complexity index is 772. The number of hydrogen-bond acceptors (Lipinski definition) is 4. The minimum absolute atomic E-state index is 0.145. The molecule has 0 saturated heterocycles. The van der Waals surface area contributed by atoms with Crippen LogP contribution in [0.2, 0.25) is 10.0 Å². The number of benzene rings is 1. The van der Waals surface area contributed by atoms with Gasteiger partial charge in [-0.15, -0.1) is 0 Å². The summed E-state index contributed by atoms with van der Waals surface area (Å²) < 4.78 is 10.7. The maximum atomic E-state index is 12.2. The summed E-state index contributed by atoms with van der Waals surface area (Å²) in [6.45, 7) is 2.41. The number of carbonyl (C=O) groups excluding carboxylic acids is 1. The van der Waals surface area contributed by atoms with Crippen LogP contribution in [0.15, 0.2) is 28.9 Å². The molecule has 2 aromatic rings. The second-order valence-electron chi connectivity index (χ2n) is 5.32. The number of ether oxygens (including phenoxy) is 1. The van der Waals surface area contributed by atoms with Gasteiger partial charge in [0, 0.05) is 17.1 Å². The summed E-state index contributed by atoms with van der Waals surface area (Å²) in [5.74, 6) is -0.762. The van der Waals surface area contributed by atoms with Crippen molar-refractivity contribution in [1.82, 2.24) is 5.32 Å². The number of halogens is 2. The molecule has 0 aliphatic rings. The van der Waals surface area contributed by atoms with Gasteiger partial charge in [-0.25, -0.2) is 0 Å². The topological polar surface area (TPSA) is 88.8 Å². The SMILES string of the molecule is Cc1coc(CC(=O)O)c1C(=O)NCCCOc1ccc(Cl)cc1Cl. The highest BCUT2D eigenvalue weighted by molar-refractivity contribution is 6.35. The van der Waals surface area contributed by atoms with E-state index in [-0.39, 0.29) is 23.7 Å². The molecule has 2 N–H and O–H groups in total. The third-order valence-electron chi connectivity index (χ3n) is 3.35. The van der Waals surface area contributed by atoms with E-state index >= 15 is 0 Å². The van der Waals surface area contributed by atoms with Crippen LogP contribution in [-0.4, -0.2) is 30.1 Å². The van der Waals surface area contributed by atoms with Crippen LogP contribution in [-0.2, 0) is 11.2 Å². The number of aryl methyl sites for hydroxylation is 1. The van der Waals surface area contributed by atoms with Crippen molar-refractivity contribution in [2.75, 3.05) is 13.2 Å². The molecule has 0 atom stereocenters. The lowest BCUT2D eigenvalue weighted by Gasteiger charge is -2.09. The van der Waals surface area contributed by atoms with E-state index in [0.717, 1.165) is 0 Å². The molecule has 6 nitrogen and oxygen atoms in total. The molecule has 8 heteroatoms. The van der Waals surface area contributed by atoms with Crippen LogP contribution in [0.5, 0.6) is 5.75 Å². The molecule has 1 heterocycles. The Labute approximate surface area is 154 Å². The predicted molar refractivity (Wildman–Crippen MR) is 93.7 cm³/mol. The highest BCUT2D eigenvalue weighted by Crippen LogP contribution is 2.27. The molecule has 0 bridgehead atoms. The van der Waals surface area contributed by atoms with Gasteiger partial charge < -0.3 is 19.6 Å². The molecule has 0 fully saturated rings. The van der Waals surface area contributed by atoms with E-state index in [2.05, 4.69) is 5.32 Å². The standard InChI is InChI=1S/C17H17Cl2NO5/c1-10-9-25-14(8-15(21)22)16(10)17(23)20-5-2-6-24-13-4-3-11(18)7-12(13)19/h3-4,7,9H,2,5-6,8H2,1H3,(H,20,23)(H,21,22). The molecule has 25 heavy (non-hydrogen) atoms. The van der Waals surface area contributed by atoms with Gasteiger partial charge in [-0.05, 0) is 31.5 Å². The van der Waals surface area contributed by atoms with Crippen LogP contribution < -0.4 is 10.1 Å². The van der Waals surface area contributed by atoms with Gasteiger partial charge in [0.15, 0.2) is 0 Å². The molecule has 134 valence electrons. The lowest BCUT2D eigenvalue weighted by molar-refractivity contribution is -0.136. The third-order valence-corrected chi connectivity index (χ3v) is 3.88. The van der Waals surface area contributed by atoms with Crippen LogP contribution in [0.25, 0.3) is 0 Å². The van der Waals surface area contributed by atoms with E-state index in [0.29, 0.717) is 40.9 Å². The summed E-state index contributed by atoms with van der Waals surface area (Å²) >= 11 is 11.8. The summed E-state index contributed by atoms with van der Waals surface area (Å²) in [4.78, 5) is 23.0. The number of carboxylic acid groups (broad SMARTS) is 1. The van der Waals surface area contributed by atoms with Gasteiger partial charge in [0.1, 0.15) is 17.9 Å². The van der Waals surface area contributed by atoms with Crippen molar-refractivity contribution in [2.24, 2.45) is 0 Å². The average molecular weight is 386 g/mol. The van der Waals surface area contributed by atoms with E-state index < -0.39 is 5.97 Å². The summed E-state index contributed by atoms with van der Waals surface area (Å²) in [5.41, 5.74) is 0.863. The number of rotatable bonds is 8. The molecular formula is C17H17Cl2NO5. The molecule has 0 unspecified atom stereocenters. The van der Waals surface area contributed by atoms with Gasteiger partial charge in [-0.1, -0.05) is 23.2 Å². The average Bonchev–Trinajstić information content (AvgIpc) is 2.88. The Morgan fingerprint density at radius 3 is 2.76 bits per heavy atom. The highest BCUT2D eigenvalue weighted by atomic mass is 35.5. The fraction of sp³-hybridized carbons (Fsp3) is 0.294. The normalized spacial score (nSPS) is 10.5. The number of carboxylic acids is 1. The first-order chi connectivity index (χ1) is 11.9. The molecule has 0 aliphatic heterocycles. The summed E-state index contributed by atoms with van der Waals surface area (Å²) in [7, 11) is 0. The van der Waals surface area contributed by atoms with Crippen molar-refractivity contribution in [2.45, 2.75) is 19.8 Å². The highest BCUT2D eigenvalue weighted by Gasteiger charge is 2.20. The zero-order valence-corrected chi connectivity index (χ0v) is 15.0. The number of nitrogens with one attached hydrogen (secondary N) is 1. The van der Waals surface area contributed by atoms with Crippen molar-refractivity contribution < 1.29 is 23.8 Å². The lowest BCUT2D eigenvalue weighted by atomic mass is 10.1. The first-order valence-corrected chi connectivity index (χ1v) is 8.29. The Morgan fingerprint density at radius 2 is 2.08 bits per heavy atom. The molecule has 0 aliphatic carbocycles. The van der Waals surface area contributed by atoms with Crippen molar-refractivity contribution in [1.29, 1.82) is 0 Å². The van der Waals surface area contributed by atoms with Gasteiger partial charge in [0.25, 0.3) is 5.91 Å². The van der Waals surface area contributed by atoms with Crippen molar-refractivity contribution in [3.63, 3.8) is 0 Å². The molecule has 1 aromatic heterocycles. The van der Waals surface area contributed by atoms with Crippen molar-refractivity contribution >= 4 is 35.1 Å². The van der Waals surface area contributed by atoms with E-state index in [4.69, 9.17) is 37.5 Å². The molecule has 0 saturated carbocycles. The molecule has 1 aromatic carbocycles. The van der Waals surface area contributed by atoms with Crippen molar-refractivity contribution in [3.05, 3.63) is 51.4 Å². The second kappa shape index (κ2) is 8.78. The minimum Gasteiger partial charge on any atom is -0.492 e. The molecule has 1 amide bonds. The van der Waals surface area contributed by atoms with Crippen LogP contribution in [0.3, 0.4) is 0 Å². The number of aliphatic carboxylic acids is 1. The predicted octanol–water partition coefficient (Wildman–Crippen LogP) is 3.72. The Balaban J connectivity index is 1.81. The Morgan fingerprint density at radius 1 is 1.32 bits per heavy atom. The molecule has 2 rings (SSSR count). The van der Waals surface area contributed by atoms with Crippen molar-refractivity contribution in [3.8, 4) is 5.75 Å². The summed E-state index contributed by atoms with van der Waals surface area (Å²) in [6, 6.07) is 4.94. The minimum atomic E-state index is -1.06. The maximum Gasteiger partial charge on any atom is 0.311 e. The first kappa shape index (κ1) is 19.1. The number of amides is 1. The van der Waals surface area contributed by atoms with Crippen LogP contribution in [0.4, 0.5) is 0 Å². The van der Waals surface area contributed by atoms with Crippen LogP contribution >= 0.6 is 23.2 Å². The zero-order chi connectivity index (χ0) is 18.4. The lowest BCUT2D eigenvalue weighted by Crippen LogP contribution is -2.27. The second-order valence-corrected chi connectivity index (χ2v) is 6.16. The largest absolute Gasteiger partial charge is 0.492 e. The van der Waals surface area contributed by atoms with E-state index in [1.165, 1.54) is 6.26 Å². The molecule has 0 spiro atoms. The monoisotopic (exact) mass is 385 g/mol. The van der Waals surface area contributed by atoms with E-state index in [9.17, 15) is 9.59 Å². The Hall–Kier alpha value is -2.18. The molecular weight excluding hydrogens is 369 g/mol. The maximum absolute atomic E-state index is 12.2. The van der Waals surface area contributed by atoms with Gasteiger partial charge >= 0.3 is 5.97 Å². The first-order valence-electron chi connectivity index (χ1n) is 7.53.